The SMILES string of the molecule is Br.CC1=NN(CCCc2ccccc2)C(=N)SC1. The maximum Gasteiger partial charge on any atom is 0.177 e. The molecule has 0 aromatic heterocycles. The average molecular weight is 328 g/mol. The van der Waals surface area contributed by atoms with E-state index in [9.17, 15) is 0 Å². The zero-order valence-electron chi connectivity index (χ0n) is 10.4. The van der Waals surface area contributed by atoms with Crippen LogP contribution in [0.2, 0.25) is 0 Å². The van der Waals surface area contributed by atoms with Crippen molar-refractivity contribution in [3.63, 3.8) is 0 Å². The Morgan fingerprint density at radius 2 is 2.06 bits per heavy atom. The summed E-state index contributed by atoms with van der Waals surface area (Å²) in [6, 6.07) is 10.5. The van der Waals surface area contributed by atoms with Crippen LogP contribution in [0, 0.1) is 5.41 Å². The van der Waals surface area contributed by atoms with Gasteiger partial charge >= 0.3 is 0 Å². The zero-order chi connectivity index (χ0) is 12.1. The average Bonchev–Trinajstić information content (AvgIpc) is 2.35. The van der Waals surface area contributed by atoms with Gasteiger partial charge in [0.15, 0.2) is 5.17 Å². The van der Waals surface area contributed by atoms with E-state index in [4.69, 9.17) is 5.41 Å². The van der Waals surface area contributed by atoms with Gasteiger partial charge in [0.1, 0.15) is 0 Å². The number of halogens is 1. The maximum absolute atomic E-state index is 7.80. The minimum Gasteiger partial charge on any atom is -0.277 e. The third-order valence-electron chi connectivity index (χ3n) is 2.62. The number of hydrogen-bond acceptors (Lipinski definition) is 3. The van der Waals surface area contributed by atoms with Gasteiger partial charge in [0.25, 0.3) is 0 Å². The van der Waals surface area contributed by atoms with E-state index in [1.807, 2.05) is 18.0 Å². The van der Waals surface area contributed by atoms with Gasteiger partial charge in [-0.05, 0) is 25.3 Å². The highest BCUT2D eigenvalue weighted by Crippen LogP contribution is 2.15. The Morgan fingerprint density at radius 3 is 2.78 bits per heavy atom. The molecule has 0 unspecified atom stereocenters. The third kappa shape index (κ3) is 4.46. The fourth-order valence-electron chi connectivity index (χ4n) is 1.76. The molecule has 0 saturated carbocycles. The van der Waals surface area contributed by atoms with E-state index >= 15 is 0 Å². The summed E-state index contributed by atoms with van der Waals surface area (Å²) in [5, 5.41) is 14.6. The minimum atomic E-state index is 0. The number of nitrogens with zero attached hydrogens (tertiary/aromatic N) is 2. The highest BCUT2D eigenvalue weighted by Gasteiger charge is 2.14. The fraction of sp³-hybridized carbons (Fsp3) is 0.385. The number of aryl methyl sites for hydroxylation is 1. The second-order valence-electron chi connectivity index (χ2n) is 4.14. The number of hydrazone groups is 1. The van der Waals surface area contributed by atoms with Crippen LogP contribution >= 0.6 is 28.7 Å². The van der Waals surface area contributed by atoms with E-state index < -0.39 is 0 Å². The number of benzene rings is 1. The normalized spacial score (nSPS) is 15.1. The van der Waals surface area contributed by atoms with Crippen LogP contribution in [0.25, 0.3) is 0 Å². The summed E-state index contributed by atoms with van der Waals surface area (Å²) in [5.74, 6) is 0.855. The summed E-state index contributed by atoms with van der Waals surface area (Å²) in [4.78, 5) is 0. The quantitative estimate of drug-likeness (QED) is 0.918. The molecule has 3 nitrogen and oxygen atoms in total. The van der Waals surface area contributed by atoms with Gasteiger partial charge in [-0.3, -0.25) is 5.41 Å². The van der Waals surface area contributed by atoms with Gasteiger partial charge in [0, 0.05) is 18.0 Å². The van der Waals surface area contributed by atoms with Crippen molar-refractivity contribution in [3.8, 4) is 0 Å². The lowest BCUT2D eigenvalue weighted by atomic mass is 10.1. The number of hydrogen-bond donors (Lipinski definition) is 1. The van der Waals surface area contributed by atoms with Gasteiger partial charge in [-0.25, -0.2) is 5.01 Å². The molecule has 0 saturated heterocycles. The smallest absolute Gasteiger partial charge is 0.177 e. The van der Waals surface area contributed by atoms with Crippen LogP contribution in [-0.2, 0) is 6.42 Å². The molecule has 1 aromatic rings. The van der Waals surface area contributed by atoms with Gasteiger partial charge in [-0.2, -0.15) is 5.10 Å². The van der Waals surface area contributed by atoms with E-state index in [-0.39, 0.29) is 17.0 Å². The standard InChI is InChI=1S/C13H17N3S.BrH/c1-11-10-17-13(14)16(15-11)9-5-8-12-6-3-2-4-7-12;/h2-4,6-7,14H,5,8-10H2,1H3;1H. The molecule has 1 heterocycles. The van der Waals surface area contributed by atoms with Gasteiger partial charge in [0.2, 0.25) is 0 Å². The molecule has 1 aliphatic rings. The molecule has 0 bridgehead atoms. The van der Waals surface area contributed by atoms with E-state index in [1.165, 1.54) is 5.56 Å². The first-order valence-corrected chi connectivity index (χ1v) is 6.81. The van der Waals surface area contributed by atoms with Crippen LogP contribution in [-0.4, -0.2) is 28.2 Å². The molecule has 1 aliphatic heterocycles. The molecule has 0 fully saturated rings. The number of nitrogens with one attached hydrogen (secondary N) is 1. The number of thioether (sulfide) groups is 1. The molecular weight excluding hydrogens is 310 g/mol. The second kappa shape index (κ2) is 7.59. The largest absolute Gasteiger partial charge is 0.277 e. The van der Waals surface area contributed by atoms with E-state index in [0.717, 1.165) is 30.9 Å². The second-order valence-corrected chi connectivity index (χ2v) is 5.11. The molecule has 2 rings (SSSR count). The van der Waals surface area contributed by atoms with Crippen molar-refractivity contribution < 1.29 is 0 Å². The van der Waals surface area contributed by atoms with Crippen LogP contribution < -0.4 is 0 Å². The minimum absolute atomic E-state index is 0. The maximum atomic E-state index is 7.80. The Bertz CT molecular complexity index is 420. The Hall–Kier alpha value is -0.810. The molecular formula is C13H18BrN3S. The van der Waals surface area contributed by atoms with Crippen molar-refractivity contribution in [1.82, 2.24) is 5.01 Å². The topological polar surface area (TPSA) is 39.5 Å². The lowest BCUT2D eigenvalue weighted by Gasteiger charge is -2.23. The van der Waals surface area contributed by atoms with E-state index in [1.54, 1.807) is 11.8 Å². The molecule has 0 amide bonds. The first kappa shape index (κ1) is 15.2. The van der Waals surface area contributed by atoms with Crippen molar-refractivity contribution in [3.05, 3.63) is 35.9 Å². The van der Waals surface area contributed by atoms with Gasteiger partial charge < -0.3 is 0 Å². The zero-order valence-corrected chi connectivity index (χ0v) is 13.0. The molecule has 0 atom stereocenters. The number of rotatable bonds is 4. The Labute approximate surface area is 123 Å². The van der Waals surface area contributed by atoms with Crippen LogP contribution in [0.4, 0.5) is 0 Å². The summed E-state index contributed by atoms with van der Waals surface area (Å²) in [6.07, 6.45) is 2.08. The van der Waals surface area contributed by atoms with Crippen LogP contribution in [0.3, 0.4) is 0 Å². The first-order chi connectivity index (χ1) is 8.25. The van der Waals surface area contributed by atoms with E-state index in [0.29, 0.717) is 5.17 Å². The van der Waals surface area contributed by atoms with Crippen molar-refractivity contribution in [2.75, 3.05) is 12.3 Å². The van der Waals surface area contributed by atoms with Gasteiger partial charge in [-0.15, -0.1) is 17.0 Å². The summed E-state index contributed by atoms with van der Waals surface area (Å²) in [5.41, 5.74) is 2.45. The molecule has 0 spiro atoms. The van der Waals surface area contributed by atoms with Crippen LogP contribution in [0.1, 0.15) is 18.9 Å². The summed E-state index contributed by atoms with van der Waals surface area (Å²) in [7, 11) is 0. The van der Waals surface area contributed by atoms with Crippen molar-refractivity contribution >= 4 is 39.6 Å². The predicted molar refractivity (Wildman–Crippen MR) is 85.1 cm³/mol. The van der Waals surface area contributed by atoms with Crippen molar-refractivity contribution in [2.45, 2.75) is 19.8 Å². The van der Waals surface area contributed by atoms with Crippen LogP contribution in [0.15, 0.2) is 35.4 Å². The lowest BCUT2D eigenvalue weighted by molar-refractivity contribution is 0.437. The molecule has 0 radical (unpaired) electrons. The summed E-state index contributed by atoms with van der Waals surface area (Å²) < 4.78 is 0. The number of amidine groups is 1. The highest BCUT2D eigenvalue weighted by molar-refractivity contribution is 8.93. The highest BCUT2D eigenvalue weighted by atomic mass is 79.9. The molecule has 1 aromatic carbocycles. The van der Waals surface area contributed by atoms with Crippen molar-refractivity contribution in [2.24, 2.45) is 5.10 Å². The Morgan fingerprint density at radius 1 is 1.33 bits per heavy atom. The molecule has 18 heavy (non-hydrogen) atoms. The Kier molecular flexibility index (Phi) is 6.43. The Balaban J connectivity index is 0.00000162. The third-order valence-corrected chi connectivity index (χ3v) is 3.67. The van der Waals surface area contributed by atoms with Crippen molar-refractivity contribution in [1.29, 1.82) is 5.41 Å². The summed E-state index contributed by atoms with van der Waals surface area (Å²) in [6.45, 7) is 2.85. The monoisotopic (exact) mass is 327 g/mol. The summed E-state index contributed by atoms with van der Waals surface area (Å²) >= 11 is 1.56. The van der Waals surface area contributed by atoms with Gasteiger partial charge in [0.05, 0.1) is 0 Å². The van der Waals surface area contributed by atoms with E-state index in [2.05, 4.69) is 29.4 Å². The van der Waals surface area contributed by atoms with Crippen LogP contribution in [0.5, 0.6) is 0 Å². The molecule has 0 aliphatic carbocycles. The fourth-order valence-corrected chi connectivity index (χ4v) is 2.44. The molecule has 98 valence electrons. The first-order valence-electron chi connectivity index (χ1n) is 5.82. The predicted octanol–water partition coefficient (Wildman–Crippen LogP) is 3.56. The molecule has 5 heteroatoms. The van der Waals surface area contributed by atoms with Gasteiger partial charge in [-0.1, -0.05) is 42.1 Å². The lowest BCUT2D eigenvalue weighted by Crippen LogP contribution is -2.30. The molecule has 1 N–H and O–H groups in total.